The van der Waals surface area contributed by atoms with E-state index in [1.54, 1.807) is 7.11 Å². The fourth-order valence-corrected chi connectivity index (χ4v) is 3.41. The van der Waals surface area contributed by atoms with Gasteiger partial charge in [0.15, 0.2) is 5.82 Å². The third kappa shape index (κ3) is 3.98. The van der Waals surface area contributed by atoms with Crippen LogP contribution >= 0.6 is 0 Å². The molecular weight excluding hydrogens is 354 g/mol. The van der Waals surface area contributed by atoms with Crippen molar-refractivity contribution in [3.05, 3.63) is 60.4 Å². The van der Waals surface area contributed by atoms with E-state index in [0.717, 1.165) is 41.5 Å². The third-order valence-electron chi connectivity index (χ3n) is 5.04. The molecule has 0 radical (unpaired) electrons. The van der Waals surface area contributed by atoms with Gasteiger partial charge in [0.1, 0.15) is 11.6 Å². The van der Waals surface area contributed by atoms with Crippen molar-refractivity contribution in [2.75, 3.05) is 25.5 Å². The summed E-state index contributed by atoms with van der Waals surface area (Å²) in [6.07, 6.45) is 1.72. The van der Waals surface area contributed by atoms with Gasteiger partial charge in [-0.25, -0.2) is 9.78 Å². The zero-order valence-corrected chi connectivity index (χ0v) is 15.8. The number of piperidine rings is 1. The Labute approximate surface area is 163 Å². The molecule has 1 aliphatic heterocycles. The standard InChI is InChI=1S/C21H23N5O2/c1-28-18-9-7-17(8-10-18)22-21(27)26-13-11-16(12-14-26)20-23-19(24-25-20)15-5-3-2-4-6-15/h2-10,16H,11-14H2,1H3,(H,22,27)(H,23,24,25). The van der Waals surface area contributed by atoms with E-state index in [1.807, 2.05) is 59.5 Å². The zero-order valence-electron chi connectivity index (χ0n) is 15.8. The summed E-state index contributed by atoms with van der Waals surface area (Å²) in [6, 6.07) is 17.2. The number of methoxy groups -OCH3 is 1. The van der Waals surface area contributed by atoms with Crippen LogP contribution < -0.4 is 10.1 Å². The quantitative estimate of drug-likeness (QED) is 0.722. The number of amides is 2. The predicted molar refractivity (Wildman–Crippen MR) is 107 cm³/mol. The third-order valence-corrected chi connectivity index (χ3v) is 5.04. The fourth-order valence-electron chi connectivity index (χ4n) is 3.41. The molecule has 0 atom stereocenters. The second-order valence-electron chi connectivity index (χ2n) is 6.83. The molecule has 0 spiro atoms. The van der Waals surface area contributed by atoms with E-state index in [2.05, 4.69) is 20.5 Å². The number of anilines is 1. The van der Waals surface area contributed by atoms with Crippen LogP contribution in [0.2, 0.25) is 0 Å². The van der Waals surface area contributed by atoms with Crippen LogP contribution in [0.25, 0.3) is 11.4 Å². The molecule has 28 heavy (non-hydrogen) atoms. The first kappa shape index (κ1) is 18.0. The normalized spacial score (nSPS) is 14.7. The molecule has 3 aromatic rings. The minimum atomic E-state index is -0.0776. The Balaban J connectivity index is 1.33. The van der Waals surface area contributed by atoms with Crippen LogP contribution in [-0.4, -0.2) is 46.3 Å². The summed E-state index contributed by atoms with van der Waals surface area (Å²) in [5.74, 6) is 2.67. The molecule has 1 fully saturated rings. The predicted octanol–water partition coefficient (Wildman–Crippen LogP) is 3.89. The molecule has 4 rings (SSSR count). The van der Waals surface area contributed by atoms with Crippen LogP contribution in [0.4, 0.5) is 10.5 Å². The van der Waals surface area contributed by atoms with E-state index in [-0.39, 0.29) is 11.9 Å². The molecule has 2 amide bonds. The summed E-state index contributed by atoms with van der Waals surface area (Å²) < 4.78 is 5.14. The van der Waals surface area contributed by atoms with Crippen molar-refractivity contribution in [2.45, 2.75) is 18.8 Å². The van der Waals surface area contributed by atoms with Crippen molar-refractivity contribution in [1.82, 2.24) is 20.1 Å². The van der Waals surface area contributed by atoms with Crippen molar-refractivity contribution in [3.63, 3.8) is 0 Å². The van der Waals surface area contributed by atoms with Gasteiger partial charge in [0, 0.05) is 30.3 Å². The summed E-state index contributed by atoms with van der Waals surface area (Å²) in [7, 11) is 1.62. The molecule has 2 heterocycles. The summed E-state index contributed by atoms with van der Waals surface area (Å²) in [6.45, 7) is 1.38. The van der Waals surface area contributed by atoms with E-state index in [4.69, 9.17) is 4.74 Å². The number of urea groups is 1. The number of benzene rings is 2. The van der Waals surface area contributed by atoms with Crippen molar-refractivity contribution in [3.8, 4) is 17.1 Å². The number of rotatable bonds is 4. The van der Waals surface area contributed by atoms with E-state index in [1.165, 1.54) is 0 Å². The number of carbonyl (C=O) groups excluding carboxylic acids is 1. The van der Waals surface area contributed by atoms with Crippen molar-refractivity contribution in [2.24, 2.45) is 0 Å². The Morgan fingerprint density at radius 3 is 2.50 bits per heavy atom. The molecule has 0 bridgehead atoms. The summed E-state index contributed by atoms with van der Waals surface area (Å²) in [4.78, 5) is 19.0. The minimum Gasteiger partial charge on any atom is -0.497 e. The Bertz CT molecular complexity index is 915. The molecule has 2 N–H and O–H groups in total. The Morgan fingerprint density at radius 2 is 1.82 bits per heavy atom. The van der Waals surface area contributed by atoms with Crippen LogP contribution in [0.15, 0.2) is 54.6 Å². The molecular formula is C21H23N5O2. The van der Waals surface area contributed by atoms with Crippen LogP contribution in [0.3, 0.4) is 0 Å². The molecule has 0 saturated carbocycles. The first-order valence-corrected chi connectivity index (χ1v) is 9.40. The van der Waals surface area contributed by atoms with Crippen molar-refractivity contribution < 1.29 is 9.53 Å². The highest BCUT2D eigenvalue weighted by Crippen LogP contribution is 2.27. The number of nitrogens with zero attached hydrogens (tertiary/aromatic N) is 3. The fraction of sp³-hybridized carbons (Fsp3) is 0.286. The first-order valence-electron chi connectivity index (χ1n) is 9.40. The Kier molecular flexibility index (Phi) is 5.23. The van der Waals surface area contributed by atoms with E-state index in [0.29, 0.717) is 13.1 Å². The van der Waals surface area contributed by atoms with Crippen LogP contribution in [0, 0.1) is 0 Å². The highest BCUT2D eigenvalue weighted by atomic mass is 16.5. The van der Waals surface area contributed by atoms with Crippen LogP contribution in [0.1, 0.15) is 24.6 Å². The first-order chi connectivity index (χ1) is 13.7. The minimum absolute atomic E-state index is 0.0776. The smallest absolute Gasteiger partial charge is 0.321 e. The second-order valence-corrected chi connectivity index (χ2v) is 6.83. The molecule has 0 unspecified atom stereocenters. The maximum atomic E-state index is 12.5. The number of carbonyl (C=O) groups is 1. The molecule has 7 heteroatoms. The Hall–Kier alpha value is -3.35. The lowest BCUT2D eigenvalue weighted by molar-refractivity contribution is 0.193. The van der Waals surface area contributed by atoms with E-state index < -0.39 is 0 Å². The number of ether oxygens (including phenoxy) is 1. The van der Waals surface area contributed by atoms with Gasteiger partial charge in [0.05, 0.1) is 7.11 Å². The van der Waals surface area contributed by atoms with Gasteiger partial charge in [-0.2, -0.15) is 5.10 Å². The second kappa shape index (κ2) is 8.12. The monoisotopic (exact) mass is 377 g/mol. The van der Waals surface area contributed by atoms with Crippen LogP contribution in [-0.2, 0) is 0 Å². The number of nitrogens with one attached hydrogen (secondary N) is 2. The maximum absolute atomic E-state index is 12.5. The molecule has 1 saturated heterocycles. The van der Waals surface area contributed by atoms with Gasteiger partial charge in [0.25, 0.3) is 0 Å². The Morgan fingerprint density at radius 1 is 1.11 bits per heavy atom. The van der Waals surface area contributed by atoms with Gasteiger partial charge in [-0.1, -0.05) is 30.3 Å². The number of likely N-dealkylation sites (tertiary alicyclic amines) is 1. The summed E-state index contributed by atoms with van der Waals surface area (Å²) in [5, 5.41) is 10.4. The highest BCUT2D eigenvalue weighted by Gasteiger charge is 2.26. The molecule has 1 aliphatic rings. The van der Waals surface area contributed by atoms with Gasteiger partial charge in [-0.3, -0.25) is 5.10 Å². The SMILES string of the molecule is COc1ccc(NC(=O)N2CCC(c3nc(-c4ccccc4)n[nH]3)CC2)cc1. The molecule has 144 valence electrons. The number of hydrogen-bond acceptors (Lipinski definition) is 4. The van der Waals surface area contributed by atoms with Crippen molar-refractivity contribution in [1.29, 1.82) is 0 Å². The molecule has 7 nitrogen and oxygen atoms in total. The molecule has 0 aliphatic carbocycles. The topological polar surface area (TPSA) is 83.1 Å². The highest BCUT2D eigenvalue weighted by molar-refractivity contribution is 5.89. The van der Waals surface area contributed by atoms with Gasteiger partial charge in [-0.15, -0.1) is 0 Å². The van der Waals surface area contributed by atoms with Crippen LogP contribution in [0.5, 0.6) is 5.75 Å². The summed E-state index contributed by atoms with van der Waals surface area (Å²) >= 11 is 0. The number of H-pyrrole nitrogens is 1. The van der Waals surface area contributed by atoms with E-state index >= 15 is 0 Å². The summed E-state index contributed by atoms with van der Waals surface area (Å²) in [5.41, 5.74) is 1.76. The number of hydrogen-bond donors (Lipinski definition) is 2. The van der Waals surface area contributed by atoms with Gasteiger partial charge >= 0.3 is 6.03 Å². The maximum Gasteiger partial charge on any atom is 0.321 e. The van der Waals surface area contributed by atoms with Gasteiger partial charge in [-0.05, 0) is 37.1 Å². The average molecular weight is 377 g/mol. The zero-order chi connectivity index (χ0) is 19.3. The number of aromatic amines is 1. The lowest BCUT2D eigenvalue weighted by Crippen LogP contribution is -2.40. The largest absolute Gasteiger partial charge is 0.497 e. The lowest BCUT2D eigenvalue weighted by atomic mass is 9.96. The van der Waals surface area contributed by atoms with Gasteiger partial charge < -0.3 is 15.0 Å². The van der Waals surface area contributed by atoms with Gasteiger partial charge in [0.2, 0.25) is 0 Å². The van der Waals surface area contributed by atoms with Crippen molar-refractivity contribution >= 4 is 11.7 Å². The average Bonchev–Trinajstić information content (AvgIpc) is 3.25. The number of aromatic nitrogens is 3. The molecule has 1 aromatic heterocycles. The van der Waals surface area contributed by atoms with E-state index in [9.17, 15) is 4.79 Å². The lowest BCUT2D eigenvalue weighted by Gasteiger charge is -2.31. The molecule has 2 aromatic carbocycles.